The molecule has 0 saturated heterocycles. The fourth-order valence-corrected chi connectivity index (χ4v) is 5.18. The first-order valence-corrected chi connectivity index (χ1v) is 12.7. The fraction of sp³-hybridized carbons (Fsp3) is 0.357. The second-order valence-corrected chi connectivity index (χ2v) is 9.96. The van der Waals surface area contributed by atoms with Crippen molar-refractivity contribution in [2.24, 2.45) is 0 Å². The highest BCUT2D eigenvalue weighted by molar-refractivity contribution is 7.10. The van der Waals surface area contributed by atoms with E-state index in [0.29, 0.717) is 12.3 Å². The van der Waals surface area contributed by atoms with Crippen LogP contribution < -0.4 is 10.1 Å². The molecular weight excluding hydrogens is 444 g/mol. The van der Waals surface area contributed by atoms with E-state index >= 15 is 0 Å². The summed E-state index contributed by atoms with van der Waals surface area (Å²) in [5.41, 5.74) is 2.94. The van der Waals surface area contributed by atoms with E-state index in [1.165, 1.54) is 0 Å². The molecule has 1 unspecified atom stereocenters. The summed E-state index contributed by atoms with van der Waals surface area (Å²) in [4.78, 5) is 30.1. The number of ether oxygens (including phenoxy) is 1. The van der Waals surface area contributed by atoms with Crippen LogP contribution in [-0.2, 0) is 22.6 Å². The standard InChI is InChI=1S/C28H32N2O3S/c1-20-9-11-21(12-10-20)19-30(26(31)18-25-8-5-17-34-25)27(22-13-15-24(33-2)16-14-22)28(32)29-23-6-3-4-7-23/h5,8-17,23,27H,3-4,6-7,18-19H2,1-2H3,(H,29,32). The molecule has 4 rings (SSSR count). The Morgan fingerprint density at radius 1 is 1.06 bits per heavy atom. The van der Waals surface area contributed by atoms with Crippen molar-refractivity contribution in [2.45, 2.75) is 57.7 Å². The molecule has 1 aromatic heterocycles. The summed E-state index contributed by atoms with van der Waals surface area (Å²) in [7, 11) is 1.62. The number of amides is 2. The lowest BCUT2D eigenvalue weighted by atomic mass is 10.0. The van der Waals surface area contributed by atoms with Gasteiger partial charge in [-0.15, -0.1) is 11.3 Å². The molecule has 2 amide bonds. The summed E-state index contributed by atoms with van der Waals surface area (Å²) in [6.07, 6.45) is 4.50. The molecule has 6 heteroatoms. The highest BCUT2D eigenvalue weighted by Gasteiger charge is 2.33. The molecule has 3 aromatic rings. The van der Waals surface area contributed by atoms with E-state index < -0.39 is 6.04 Å². The minimum Gasteiger partial charge on any atom is -0.497 e. The maximum atomic E-state index is 13.7. The van der Waals surface area contributed by atoms with Crippen LogP contribution in [0.25, 0.3) is 0 Å². The number of carbonyl (C=O) groups is 2. The monoisotopic (exact) mass is 476 g/mol. The van der Waals surface area contributed by atoms with E-state index in [1.807, 2.05) is 73.0 Å². The second kappa shape index (κ2) is 11.3. The van der Waals surface area contributed by atoms with E-state index in [2.05, 4.69) is 5.32 Å². The van der Waals surface area contributed by atoms with Crippen molar-refractivity contribution in [2.75, 3.05) is 7.11 Å². The summed E-state index contributed by atoms with van der Waals surface area (Å²) in [6, 6.07) is 19.0. The van der Waals surface area contributed by atoms with E-state index in [1.54, 1.807) is 23.3 Å². The highest BCUT2D eigenvalue weighted by Crippen LogP contribution is 2.28. The molecule has 1 heterocycles. The number of rotatable bonds is 9. The van der Waals surface area contributed by atoms with Crippen molar-refractivity contribution >= 4 is 23.2 Å². The lowest BCUT2D eigenvalue weighted by molar-refractivity contribution is -0.141. The van der Waals surface area contributed by atoms with Crippen molar-refractivity contribution in [3.8, 4) is 5.75 Å². The Morgan fingerprint density at radius 3 is 2.38 bits per heavy atom. The number of nitrogens with one attached hydrogen (secondary N) is 1. The molecule has 1 atom stereocenters. The number of hydrogen-bond donors (Lipinski definition) is 1. The van der Waals surface area contributed by atoms with Crippen LogP contribution in [0.2, 0.25) is 0 Å². The zero-order valence-electron chi connectivity index (χ0n) is 19.8. The predicted molar refractivity (Wildman–Crippen MR) is 136 cm³/mol. The summed E-state index contributed by atoms with van der Waals surface area (Å²) in [5.74, 6) is 0.530. The lowest BCUT2D eigenvalue weighted by Gasteiger charge is -2.32. The summed E-state index contributed by atoms with van der Waals surface area (Å²) in [5, 5.41) is 5.21. The Morgan fingerprint density at radius 2 is 1.76 bits per heavy atom. The van der Waals surface area contributed by atoms with E-state index in [9.17, 15) is 9.59 Å². The summed E-state index contributed by atoms with van der Waals surface area (Å²) < 4.78 is 5.32. The molecule has 2 aromatic carbocycles. The van der Waals surface area contributed by atoms with Gasteiger partial charge in [-0.3, -0.25) is 9.59 Å². The Labute approximate surface area is 205 Å². The third-order valence-electron chi connectivity index (χ3n) is 6.39. The Kier molecular flexibility index (Phi) is 8.01. The van der Waals surface area contributed by atoms with Gasteiger partial charge < -0.3 is 15.0 Å². The molecular formula is C28H32N2O3S. The number of hydrogen-bond acceptors (Lipinski definition) is 4. The second-order valence-electron chi connectivity index (χ2n) is 8.93. The largest absolute Gasteiger partial charge is 0.497 e. The number of methoxy groups -OCH3 is 1. The van der Waals surface area contributed by atoms with Crippen LogP contribution >= 0.6 is 11.3 Å². The molecule has 178 valence electrons. The van der Waals surface area contributed by atoms with E-state index in [-0.39, 0.29) is 24.3 Å². The van der Waals surface area contributed by atoms with Crippen LogP contribution in [0, 0.1) is 6.92 Å². The topological polar surface area (TPSA) is 58.6 Å². The van der Waals surface area contributed by atoms with Gasteiger partial charge in [-0.05, 0) is 54.5 Å². The van der Waals surface area contributed by atoms with Gasteiger partial charge in [0.1, 0.15) is 11.8 Å². The maximum Gasteiger partial charge on any atom is 0.247 e. The SMILES string of the molecule is COc1ccc(C(C(=O)NC2CCCC2)N(Cc2ccc(C)cc2)C(=O)Cc2cccs2)cc1. The normalized spacial score (nSPS) is 14.5. The van der Waals surface area contributed by atoms with Crippen LogP contribution in [0.1, 0.15) is 53.3 Å². The molecule has 0 bridgehead atoms. The Bertz CT molecular complexity index is 1070. The summed E-state index contributed by atoms with van der Waals surface area (Å²) in [6.45, 7) is 2.40. The molecule has 34 heavy (non-hydrogen) atoms. The summed E-state index contributed by atoms with van der Waals surface area (Å²) >= 11 is 1.56. The quantitative estimate of drug-likeness (QED) is 0.448. The number of benzene rings is 2. The molecule has 1 aliphatic carbocycles. The average Bonchev–Trinajstić information content (AvgIpc) is 3.55. The molecule has 0 spiro atoms. The lowest BCUT2D eigenvalue weighted by Crippen LogP contribution is -2.46. The first-order valence-electron chi connectivity index (χ1n) is 11.8. The van der Waals surface area contributed by atoms with Gasteiger partial charge in [0.2, 0.25) is 11.8 Å². The average molecular weight is 477 g/mol. The van der Waals surface area contributed by atoms with Gasteiger partial charge in [0.05, 0.1) is 13.5 Å². The highest BCUT2D eigenvalue weighted by atomic mass is 32.1. The first-order chi connectivity index (χ1) is 16.5. The molecule has 1 fully saturated rings. The van der Waals surface area contributed by atoms with Crippen LogP contribution in [0.15, 0.2) is 66.0 Å². The van der Waals surface area contributed by atoms with Gasteiger partial charge in [-0.1, -0.05) is 60.9 Å². The number of carbonyl (C=O) groups excluding carboxylic acids is 2. The number of nitrogens with zero attached hydrogens (tertiary/aromatic N) is 1. The molecule has 0 radical (unpaired) electrons. The first kappa shape index (κ1) is 24.0. The van der Waals surface area contributed by atoms with Crippen molar-refractivity contribution in [1.29, 1.82) is 0 Å². The maximum absolute atomic E-state index is 13.7. The van der Waals surface area contributed by atoms with Gasteiger partial charge in [-0.2, -0.15) is 0 Å². The fourth-order valence-electron chi connectivity index (χ4n) is 4.49. The Hall–Kier alpha value is -3.12. The van der Waals surface area contributed by atoms with Gasteiger partial charge in [-0.25, -0.2) is 0 Å². The minimum absolute atomic E-state index is 0.0644. The Balaban J connectivity index is 1.69. The zero-order valence-corrected chi connectivity index (χ0v) is 20.6. The molecule has 1 saturated carbocycles. The van der Waals surface area contributed by atoms with Gasteiger partial charge in [0.25, 0.3) is 0 Å². The third-order valence-corrected chi connectivity index (χ3v) is 7.27. The van der Waals surface area contributed by atoms with Crippen molar-refractivity contribution in [1.82, 2.24) is 10.2 Å². The van der Waals surface area contributed by atoms with Crippen LogP contribution in [0.3, 0.4) is 0 Å². The van der Waals surface area contributed by atoms with Crippen molar-refractivity contribution in [3.63, 3.8) is 0 Å². The smallest absolute Gasteiger partial charge is 0.247 e. The van der Waals surface area contributed by atoms with E-state index in [0.717, 1.165) is 47.3 Å². The van der Waals surface area contributed by atoms with Gasteiger partial charge in [0, 0.05) is 17.5 Å². The molecule has 1 N–H and O–H groups in total. The minimum atomic E-state index is -0.722. The number of aryl methyl sites for hydroxylation is 1. The third kappa shape index (κ3) is 6.06. The van der Waals surface area contributed by atoms with E-state index in [4.69, 9.17) is 4.74 Å². The predicted octanol–water partition coefficient (Wildman–Crippen LogP) is 5.44. The molecule has 1 aliphatic rings. The van der Waals surface area contributed by atoms with Crippen molar-refractivity contribution in [3.05, 3.63) is 87.6 Å². The van der Waals surface area contributed by atoms with Gasteiger partial charge >= 0.3 is 0 Å². The molecule has 5 nitrogen and oxygen atoms in total. The van der Waals surface area contributed by atoms with Crippen LogP contribution in [0.5, 0.6) is 5.75 Å². The number of thiophene rings is 1. The van der Waals surface area contributed by atoms with Crippen LogP contribution in [-0.4, -0.2) is 29.9 Å². The van der Waals surface area contributed by atoms with Crippen LogP contribution in [0.4, 0.5) is 0 Å². The van der Waals surface area contributed by atoms with Crippen molar-refractivity contribution < 1.29 is 14.3 Å². The molecule has 0 aliphatic heterocycles. The van der Waals surface area contributed by atoms with Gasteiger partial charge in [0.15, 0.2) is 0 Å². The zero-order chi connectivity index (χ0) is 23.9.